The van der Waals surface area contributed by atoms with E-state index in [0.717, 1.165) is 28.4 Å². The summed E-state index contributed by atoms with van der Waals surface area (Å²) in [6.45, 7) is 0.714. The lowest BCUT2D eigenvalue weighted by Gasteiger charge is -2.23. The Morgan fingerprint density at radius 2 is 1.78 bits per heavy atom. The third kappa shape index (κ3) is 4.08. The zero-order chi connectivity index (χ0) is 18.5. The number of hydrogen-bond acceptors (Lipinski definition) is 4. The Balaban J connectivity index is 1.53. The van der Waals surface area contributed by atoms with E-state index in [-0.39, 0.29) is 12.7 Å². The number of carbonyl (C=O) groups excluding carboxylic acids is 1. The van der Waals surface area contributed by atoms with E-state index in [2.05, 4.69) is 4.98 Å². The molecule has 0 radical (unpaired) electrons. The molecule has 136 valence electrons. The summed E-state index contributed by atoms with van der Waals surface area (Å²) in [6, 6.07) is 21.3. The monoisotopic (exact) mass is 360 g/mol. The van der Waals surface area contributed by atoms with Crippen LogP contribution >= 0.6 is 0 Å². The fourth-order valence-corrected chi connectivity index (χ4v) is 3.07. The number of hydrogen-bond donors (Lipinski definition) is 0. The number of aromatic nitrogens is 1. The van der Waals surface area contributed by atoms with Gasteiger partial charge in [0.25, 0.3) is 0 Å². The van der Waals surface area contributed by atoms with Gasteiger partial charge in [-0.3, -0.25) is 9.78 Å². The number of pyridine rings is 1. The summed E-state index contributed by atoms with van der Waals surface area (Å²) in [4.78, 5) is 19.1. The van der Waals surface area contributed by atoms with Crippen molar-refractivity contribution in [3.8, 4) is 11.5 Å². The second kappa shape index (κ2) is 7.91. The Bertz CT molecular complexity index is 913. The summed E-state index contributed by atoms with van der Waals surface area (Å²) >= 11 is 0. The summed E-state index contributed by atoms with van der Waals surface area (Å²) in [6.07, 6.45) is 2.77. The van der Waals surface area contributed by atoms with Crippen LogP contribution in [0.25, 0.3) is 0 Å². The van der Waals surface area contributed by atoms with E-state index in [9.17, 15) is 4.79 Å². The number of anilines is 1. The van der Waals surface area contributed by atoms with E-state index in [1.54, 1.807) is 11.1 Å². The molecule has 2 aromatic carbocycles. The second-order valence-electron chi connectivity index (χ2n) is 6.32. The number of fused-ring (bicyclic) bond motifs is 1. The van der Waals surface area contributed by atoms with Crippen LogP contribution in [-0.4, -0.2) is 17.7 Å². The van der Waals surface area contributed by atoms with Crippen LogP contribution in [0, 0.1) is 0 Å². The van der Waals surface area contributed by atoms with Crippen LogP contribution in [0.2, 0.25) is 0 Å². The van der Waals surface area contributed by atoms with Gasteiger partial charge in [0.1, 0.15) is 0 Å². The van der Waals surface area contributed by atoms with Gasteiger partial charge in [0, 0.05) is 24.0 Å². The molecule has 27 heavy (non-hydrogen) atoms. The third-order valence-electron chi connectivity index (χ3n) is 4.47. The molecule has 1 aliphatic heterocycles. The highest BCUT2D eigenvalue weighted by Gasteiger charge is 2.19. The average Bonchev–Trinajstić information content (AvgIpc) is 3.19. The van der Waals surface area contributed by atoms with Crippen LogP contribution in [0.5, 0.6) is 11.5 Å². The van der Waals surface area contributed by atoms with E-state index in [1.165, 1.54) is 0 Å². The van der Waals surface area contributed by atoms with Gasteiger partial charge in [0.15, 0.2) is 11.5 Å². The first-order valence-electron chi connectivity index (χ1n) is 8.93. The molecule has 5 nitrogen and oxygen atoms in total. The molecule has 0 saturated heterocycles. The average molecular weight is 360 g/mol. The van der Waals surface area contributed by atoms with Gasteiger partial charge < -0.3 is 14.4 Å². The highest BCUT2D eigenvalue weighted by Crippen LogP contribution is 2.33. The number of benzene rings is 2. The molecule has 0 aliphatic carbocycles. The zero-order valence-corrected chi connectivity index (χ0v) is 14.9. The maximum Gasteiger partial charge on any atom is 0.231 e. The standard InChI is InChI=1S/C22H20N2O3/c25-22(12-10-18-6-4-5-13-23-18)24(19-7-2-1-3-8-19)15-17-9-11-20-21(14-17)27-16-26-20/h1-9,11,13-14H,10,12,15-16H2. The Morgan fingerprint density at radius 3 is 2.59 bits per heavy atom. The van der Waals surface area contributed by atoms with Gasteiger partial charge in [-0.2, -0.15) is 0 Å². The first kappa shape index (κ1) is 17.1. The molecule has 2 heterocycles. The van der Waals surface area contributed by atoms with Gasteiger partial charge in [0.05, 0.1) is 6.54 Å². The Morgan fingerprint density at radius 1 is 0.963 bits per heavy atom. The molecule has 1 aromatic heterocycles. The van der Waals surface area contributed by atoms with Gasteiger partial charge in [0.2, 0.25) is 12.7 Å². The summed E-state index contributed by atoms with van der Waals surface area (Å²) in [5.74, 6) is 1.53. The normalized spacial score (nSPS) is 12.0. The molecule has 0 spiro atoms. The van der Waals surface area contributed by atoms with E-state index in [0.29, 0.717) is 19.4 Å². The Labute approximate surface area is 158 Å². The van der Waals surface area contributed by atoms with Crippen molar-refractivity contribution in [3.05, 3.63) is 84.2 Å². The highest BCUT2D eigenvalue weighted by atomic mass is 16.7. The molecule has 4 rings (SSSR count). The van der Waals surface area contributed by atoms with Crippen molar-refractivity contribution in [2.24, 2.45) is 0 Å². The van der Waals surface area contributed by atoms with Crippen LogP contribution in [0.15, 0.2) is 72.9 Å². The first-order valence-corrected chi connectivity index (χ1v) is 8.93. The summed E-state index contributed by atoms with van der Waals surface area (Å²) in [7, 11) is 0. The number of aryl methyl sites for hydroxylation is 1. The minimum atomic E-state index is 0.0597. The number of ether oxygens (including phenoxy) is 2. The number of para-hydroxylation sites is 1. The van der Waals surface area contributed by atoms with Crippen LogP contribution in [0.4, 0.5) is 5.69 Å². The molecule has 0 fully saturated rings. The van der Waals surface area contributed by atoms with Crippen molar-refractivity contribution in [1.82, 2.24) is 4.98 Å². The topological polar surface area (TPSA) is 51.7 Å². The molecular weight excluding hydrogens is 340 g/mol. The highest BCUT2D eigenvalue weighted by molar-refractivity contribution is 5.93. The summed E-state index contributed by atoms with van der Waals surface area (Å²) in [5, 5.41) is 0. The minimum Gasteiger partial charge on any atom is -0.454 e. The number of amides is 1. The summed E-state index contributed by atoms with van der Waals surface area (Å²) < 4.78 is 10.8. The number of nitrogens with zero attached hydrogens (tertiary/aromatic N) is 2. The maximum atomic E-state index is 13.0. The predicted octanol–water partition coefficient (Wildman–Crippen LogP) is 3.98. The molecular formula is C22H20N2O3. The van der Waals surface area contributed by atoms with Crippen molar-refractivity contribution >= 4 is 11.6 Å². The third-order valence-corrected chi connectivity index (χ3v) is 4.47. The van der Waals surface area contributed by atoms with Crippen LogP contribution in [0.1, 0.15) is 17.7 Å². The van der Waals surface area contributed by atoms with Gasteiger partial charge in [-0.25, -0.2) is 0 Å². The lowest BCUT2D eigenvalue weighted by atomic mass is 10.1. The molecule has 0 saturated carbocycles. The molecule has 0 unspecified atom stereocenters. The van der Waals surface area contributed by atoms with Crippen molar-refractivity contribution < 1.29 is 14.3 Å². The van der Waals surface area contributed by atoms with E-state index >= 15 is 0 Å². The minimum absolute atomic E-state index is 0.0597. The fourth-order valence-electron chi connectivity index (χ4n) is 3.07. The SMILES string of the molecule is O=C(CCc1ccccn1)N(Cc1ccc2c(c1)OCO2)c1ccccc1. The lowest BCUT2D eigenvalue weighted by molar-refractivity contribution is -0.118. The lowest BCUT2D eigenvalue weighted by Crippen LogP contribution is -2.30. The van der Waals surface area contributed by atoms with Crippen molar-refractivity contribution in [1.29, 1.82) is 0 Å². The van der Waals surface area contributed by atoms with Crippen molar-refractivity contribution in [2.75, 3.05) is 11.7 Å². The summed E-state index contributed by atoms with van der Waals surface area (Å²) in [5.41, 5.74) is 2.79. The quantitative estimate of drug-likeness (QED) is 0.667. The second-order valence-corrected chi connectivity index (χ2v) is 6.32. The number of rotatable bonds is 6. The molecule has 1 amide bonds. The maximum absolute atomic E-state index is 13.0. The van der Waals surface area contributed by atoms with Gasteiger partial charge >= 0.3 is 0 Å². The van der Waals surface area contributed by atoms with E-state index < -0.39 is 0 Å². The smallest absolute Gasteiger partial charge is 0.231 e. The van der Waals surface area contributed by atoms with Crippen molar-refractivity contribution in [3.63, 3.8) is 0 Å². The number of carbonyl (C=O) groups is 1. The first-order chi connectivity index (χ1) is 13.3. The van der Waals surface area contributed by atoms with E-state index in [4.69, 9.17) is 9.47 Å². The van der Waals surface area contributed by atoms with Gasteiger partial charge in [-0.1, -0.05) is 30.3 Å². The molecule has 0 atom stereocenters. The zero-order valence-electron chi connectivity index (χ0n) is 14.9. The molecule has 1 aliphatic rings. The fraction of sp³-hybridized carbons (Fsp3) is 0.182. The largest absolute Gasteiger partial charge is 0.454 e. The van der Waals surface area contributed by atoms with Crippen molar-refractivity contribution in [2.45, 2.75) is 19.4 Å². The predicted molar refractivity (Wildman–Crippen MR) is 103 cm³/mol. The van der Waals surface area contributed by atoms with Crippen LogP contribution in [0.3, 0.4) is 0 Å². The Hall–Kier alpha value is -3.34. The molecule has 0 bridgehead atoms. The molecule has 0 N–H and O–H groups in total. The van der Waals surface area contributed by atoms with Crippen LogP contribution in [-0.2, 0) is 17.8 Å². The van der Waals surface area contributed by atoms with Crippen LogP contribution < -0.4 is 14.4 Å². The molecule has 3 aromatic rings. The Kier molecular flexibility index (Phi) is 5.01. The van der Waals surface area contributed by atoms with Gasteiger partial charge in [-0.15, -0.1) is 0 Å². The van der Waals surface area contributed by atoms with E-state index in [1.807, 2.05) is 66.7 Å². The molecule has 5 heteroatoms. The van der Waals surface area contributed by atoms with Gasteiger partial charge in [-0.05, 0) is 48.4 Å².